The van der Waals surface area contributed by atoms with E-state index in [2.05, 4.69) is 10.6 Å². The lowest BCUT2D eigenvalue weighted by Gasteiger charge is -2.31. The van der Waals surface area contributed by atoms with Crippen LogP contribution in [-0.2, 0) is 16.6 Å². The number of carbonyl (C=O) groups is 1. The highest BCUT2D eigenvalue weighted by Crippen LogP contribution is 2.25. The molecular weight excluding hydrogens is 398 g/mol. The lowest BCUT2D eigenvalue weighted by molar-refractivity contribution is 0.235. The molecule has 1 aliphatic rings. The zero-order valence-electron chi connectivity index (χ0n) is 17.7. The van der Waals surface area contributed by atoms with Crippen molar-refractivity contribution in [3.8, 4) is 0 Å². The molecular formula is C23H31N3O3S. The molecule has 0 spiro atoms. The van der Waals surface area contributed by atoms with Crippen LogP contribution in [0, 0.1) is 19.8 Å². The molecule has 2 aromatic carbocycles. The van der Waals surface area contributed by atoms with Gasteiger partial charge in [-0.3, -0.25) is 0 Å². The summed E-state index contributed by atoms with van der Waals surface area (Å²) in [6.07, 6.45) is 2.49. The van der Waals surface area contributed by atoms with Gasteiger partial charge in [0.25, 0.3) is 0 Å². The molecule has 0 saturated carbocycles. The van der Waals surface area contributed by atoms with Crippen LogP contribution in [0.4, 0.5) is 4.79 Å². The number of urea groups is 1. The fourth-order valence-electron chi connectivity index (χ4n) is 3.64. The number of sulfonamides is 1. The molecule has 0 unspecified atom stereocenters. The third kappa shape index (κ3) is 6.06. The monoisotopic (exact) mass is 429 g/mol. The second kappa shape index (κ2) is 10.1. The molecule has 6 nitrogen and oxygen atoms in total. The minimum absolute atomic E-state index is 0.171. The summed E-state index contributed by atoms with van der Waals surface area (Å²) in [5.74, 6) is 0.423. The molecule has 2 amide bonds. The van der Waals surface area contributed by atoms with E-state index in [1.807, 2.05) is 50.2 Å². The van der Waals surface area contributed by atoms with Gasteiger partial charge in [-0.05, 0) is 56.7 Å². The molecule has 2 N–H and O–H groups in total. The van der Waals surface area contributed by atoms with Crippen LogP contribution in [0.1, 0.15) is 36.0 Å². The zero-order chi connectivity index (χ0) is 21.6. The Bertz CT molecular complexity index is 933. The summed E-state index contributed by atoms with van der Waals surface area (Å²) in [5, 5.41) is 5.77. The maximum atomic E-state index is 12.8. The first-order chi connectivity index (χ1) is 14.3. The van der Waals surface area contributed by atoms with Gasteiger partial charge in [0.15, 0.2) is 0 Å². The first kappa shape index (κ1) is 22.3. The van der Waals surface area contributed by atoms with Gasteiger partial charge in [-0.2, -0.15) is 4.31 Å². The summed E-state index contributed by atoms with van der Waals surface area (Å²) in [7, 11) is -3.42. The minimum atomic E-state index is -3.42. The van der Waals surface area contributed by atoms with Crippen molar-refractivity contribution >= 4 is 16.1 Å². The highest BCUT2D eigenvalue weighted by Gasteiger charge is 2.29. The van der Waals surface area contributed by atoms with E-state index in [4.69, 9.17) is 0 Å². The molecule has 3 rings (SSSR count). The summed E-state index contributed by atoms with van der Waals surface area (Å²) < 4.78 is 27.1. The van der Waals surface area contributed by atoms with Crippen molar-refractivity contribution in [3.05, 3.63) is 65.2 Å². The Labute approximate surface area is 179 Å². The molecule has 0 aliphatic carbocycles. The molecule has 1 heterocycles. The van der Waals surface area contributed by atoms with Gasteiger partial charge < -0.3 is 10.6 Å². The van der Waals surface area contributed by atoms with Gasteiger partial charge in [-0.15, -0.1) is 0 Å². The first-order valence-corrected chi connectivity index (χ1v) is 11.9. The molecule has 2 aromatic rings. The van der Waals surface area contributed by atoms with Gasteiger partial charge in [0.1, 0.15) is 0 Å². The number of aryl methyl sites for hydroxylation is 2. The molecule has 162 valence electrons. The summed E-state index contributed by atoms with van der Waals surface area (Å²) >= 11 is 0. The van der Waals surface area contributed by atoms with E-state index in [9.17, 15) is 13.2 Å². The van der Waals surface area contributed by atoms with Crippen LogP contribution in [0.25, 0.3) is 0 Å². The lowest BCUT2D eigenvalue weighted by Crippen LogP contribution is -2.40. The zero-order valence-corrected chi connectivity index (χ0v) is 18.5. The van der Waals surface area contributed by atoms with E-state index in [0.29, 0.717) is 37.0 Å². The first-order valence-electron chi connectivity index (χ1n) is 10.5. The normalized spacial score (nSPS) is 15.7. The van der Waals surface area contributed by atoms with Crippen LogP contribution < -0.4 is 10.6 Å². The molecule has 7 heteroatoms. The number of rotatable bonds is 7. The molecule has 1 aliphatic heterocycles. The predicted molar refractivity (Wildman–Crippen MR) is 119 cm³/mol. The number of nitrogens with one attached hydrogen (secondary N) is 2. The highest BCUT2D eigenvalue weighted by molar-refractivity contribution is 7.89. The van der Waals surface area contributed by atoms with E-state index in [0.717, 1.165) is 30.4 Å². The number of piperidine rings is 1. The number of nitrogens with zero attached hydrogens (tertiary/aromatic N) is 1. The molecule has 1 fully saturated rings. The Hall–Kier alpha value is -2.38. The Morgan fingerprint density at radius 3 is 2.10 bits per heavy atom. The standard InChI is InChI=1S/C23H31N3O3S/c1-18-3-7-21(8-4-18)17-25-23(27)24-14-11-20-12-15-26(16-13-20)30(28,29)22-9-5-19(2)6-10-22/h3-10,20H,11-17H2,1-2H3,(H2,24,25,27). The number of hydrogen-bond acceptors (Lipinski definition) is 3. The Balaban J connectivity index is 1.37. The third-order valence-corrected chi connectivity index (χ3v) is 7.56. The van der Waals surface area contributed by atoms with Crippen molar-refractivity contribution < 1.29 is 13.2 Å². The Morgan fingerprint density at radius 1 is 0.933 bits per heavy atom. The van der Waals surface area contributed by atoms with Gasteiger partial charge in [-0.1, -0.05) is 47.5 Å². The topological polar surface area (TPSA) is 78.5 Å². The second-order valence-electron chi connectivity index (χ2n) is 8.04. The predicted octanol–water partition coefficient (Wildman–Crippen LogP) is 3.59. The van der Waals surface area contributed by atoms with Crippen LogP contribution >= 0.6 is 0 Å². The number of amides is 2. The number of carbonyl (C=O) groups excluding carboxylic acids is 1. The Kier molecular flexibility index (Phi) is 7.50. The van der Waals surface area contributed by atoms with Crippen molar-refractivity contribution in [2.45, 2.75) is 44.6 Å². The van der Waals surface area contributed by atoms with E-state index in [1.165, 1.54) is 5.56 Å². The van der Waals surface area contributed by atoms with Crippen LogP contribution in [0.5, 0.6) is 0 Å². The van der Waals surface area contributed by atoms with Gasteiger partial charge in [-0.25, -0.2) is 13.2 Å². The molecule has 0 bridgehead atoms. The van der Waals surface area contributed by atoms with Crippen molar-refractivity contribution in [3.63, 3.8) is 0 Å². The minimum Gasteiger partial charge on any atom is -0.338 e. The van der Waals surface area contributed by atoms with Gasteiger partial charge in [0.2, 0.25) is 10.0 Å². The number of hydrogen-bond donors (Lipinski definition) is 2. The van der Waals surface area contributed by atoms with E-state index >= 15 is 0 Å². The smallest absolute Gasteiger partial charge is 0.315 e. The average molecular weight is 430 g/mol. The fourth-order valence-corrected chi connectivity index (χ4v) is 5.11. The maximum Gasteiger partial charge on any atom is 0.315 e. The summed E-state index contributed by atoms with van der Waals surface area (Å²) in [6.45, 7) is 6.13. The molecule has 0 aromatic heterocycles. The molecule has 0 radical (unpaired) electrons. The van der Waals surface area contributed by atoms with Crippen molar-refractivity contribution in [2.24, 2.45) is 5.92 Å². The van der Waals surface area contributed by atoms with Crippen molar-refractivity contribution in [1.29, 1.82) is 0 Å². The average Bonchev–Trinajstić information content (AvgIpc) is 2.74. The van der Waals surface area contributed by atoms with E-state index in [-0.39, 0.29) is 6.03 Å². The Morgan fingerprint density at radius 2 is 1.50 bits per heavy atom. The largest absolute Gasteiger partial charge is 0.338 e. The molecule has 0 atom stereocenters. The van der Waals surface area contributed by atoms with Gasteiger partial charge in [0, 0.05) is 26.2 Å². The van der Waals surface area contributed by atoms with Crippen LogP contribution in [0.2, 0.25) is 0 Å². The van der Waals surface area contributed by atoms with Crippen molar-refractivity contribution in [2.75, 3.05) is 19.6 Å². The fraction of sp³-hybridized carbons (Fsp3) is 0.435. The highest BCUT2D eigenvalue weighted by atomic mass is 32.2. The summed E-state index contributed by atoms with van der Waals surface area (Å²) in [5.41, 5.74) is 3.31. The maximum absolute atomic E-state index is 12.8. The summed E-state index contributed by atoms with van der Waals surface area (Å²) in [6, 6.07) is 14.9. The lowest BCUT2D eigenvalue weighted by atomic mass is 9.95. The van der Waals surface area contributed by atoms with Crippen LogP contribution in [-0.4, -0.2) is 38.4 Å². The van der Waals surface area contributed by atoms with Gasteiger partial charge >= 0.3 is 6.03 Å². The van der Waals surface area contributed by atoms with Crippen LogP contribution in [0.15, 0.2) is 53.4 Å². The quantitative estimate of drug-likeness (QED) is 0.706. The SMILES string of the molecule is Cc1ccc(CNC(=O)NCCC2CCN(S(=O)(=O)c3ccc(C)cc3)CC2)cc1. The van der Waals surface area contributed by atoms with Crippen molar-refractivity contribution in [1.82, 2.24) is 14.9 Å². The van der Waals surface area contributed by atoms with Gasteiger partial charge in [0.05, 0.1) is 4.90 Å². The third-order valence-electron chi connectivity index (χ3n) is 5.64. The van der Waals surface area contributed by atoms with Crippen LogP contribution in [0.3, 0.4) is 0 Å². The number of benzene rings is 2. The summed E-state index contributed by atoms with van der Waals surface area (Å²) in [4.78, 5) is 12.3. The van der Waals surface area contributed by atoms with E-state index in [1.54, 1.807) is 16.4 Å². The molecule has 1 saturated heterocycles. The second-order valence-corrected chi connectivity index (χ2v) is 9.98. The van der Waals surface area contributed by atoms with E-state index < -0.39 is 10.0 Å². The molecule has 30 heavy (non-hydrogen) atoms.